The van der Waals surface area contributed by atoms with Crippen LogP contribution in [0, 0.1) is 0 Å². The summed E-state index contributed by atoms with van der Waals surface area (Å²) in [5, 5.41) is 0. The van der Waals surface area contributed by atoms with Crippen LogP contribution in [-0.4, -0.2) is 30.8 Å². The van der Waals surface area contributed by atoms with Gasteiger partial charge in [0, 0.05) is 23.7 Å². The Hall–Kier alpha value is -2.81. The van der Waals surface area contributed by atoms with Gasteiger partial charge in [-0.05, 0) is 55.0 Å². The first-order valence-corrected chi connectivity index (χ1v) is 11.2. The molecular weight excluding hydrogens is 417 g/mol. The van der Waals surface area contributed by atoms with Gasteiger partial charge < -0.3 is 4.74 Å². The first kappa shape index (κ1) is 21.9. The van der Waals surface area contributed by atoms with E-state index in [9.17, 15) is 21.6 Å². The van der Waals surface area contributed by atoms with Crippen molar-refractivity contribution < 1.29 is 26.3 Å². The predicted molar refractivity (Wildman–Crippen MR) is 108 cm³/mol. The van der Waals surface area contributed by atoms with E-state index < -0.39 is 21.7 Å². The van der Waals surface area contributed by atoms with Gasteiger partial charge in [-0.15, -0.1) is 0 Å². The maximum Gasteiger partial charge on any atom is 0.434 e. The fraction of sp³-hybridized carbons (Fsp3) is 0.286. The Balaban J connectivity index is 2.01. The molecule has 0 N–H and O–H groups in total. The topological polar surface area (TPSA) is 61.2 Å². The molecule has 30 heavy (non-hydrogen) atoms. The second-order valence-corrected chi connectivity index (χ2v) is 8.83. The van der Waals surface area contributed by atoms with Gasteiger partial charge in [0.25, 0.3) is 0 Å². The molecule has 0 unspecified atom stereocenters. The normalized spacial score (nSPS) is 12.2. The molecule has 9 heteroatoms. The number of ether oxygens (including phenoxy) is 1. The molecule has 0 saturated carbocycles. The van der Waals surface area contributed by atoms with Crippen LogP contribution in [0.15, 0.2) is 59.6 Å². The lowest BCUT2D eigenvalue weighted by Gasteiger charge is -2.10. The Labute approximate surface area is 173 Å². The van der Waals surface area contributed by atoms with Gasteiger partial charge in [0.15, 0.2) is 15.5 Å². The van der Waals surface area contributed by atoms with Crippen molar-refractivity contribution in [2.75, 3.05) is 12.9 Å². The van der Waals surface area contributed by atoms with E-state index in [4.69, 9.17) is 4.74 Å². The summed E-state index contributed by atoms with van der Waals surface area (Å²) >= 11 is 0. The monoisotopic (exact) mass is 438 g/mol. The summed E-state index contributed by atoms with van der Waals surface area (Å²) in [6.45, 7) is 2.61. The zero-order chi connectivity index (χ0) is 21.9. The van der Waals surface area contributed by atoms with Crippen molar-refractivity contribution in [2.45, 2.75) is 30.8 Å². The van der Waals surface area contributed by atoms with Crippen LogP contribution in [0.3, 0.4) is 0 Å². The number of halogens is 3. The number of nitrogens with zero attached hydrogens (tertiary/aromatic N) is 2. The minimum Gasteiger partial charge on any atom is -0.494 e. The summed E-state index contributed by atoms with van der Waals surface area (Å²) in [6, 6.07) is 12.3. The number of unbranched alkanes of at least 4 members (excludes halogenated alkanes) is 1. The molecule has 0 bridgehead atoms. The summed E-state index contributed by atoms with van der Waals surface area (Å²) in [6.07, 6.45) is -0.749. The summed E-state index contributed by atoms with van der Waals surface area (Å²) in [7, 11) is -3.42. The minimum atomic E-state index is -4.62. The van der Waals surface area contributed by atoms with E-state index in [1.807, 2.05) is 6.92 Å². The van der Waals surface area contributed by atoms with Gasteiger partial charge in [-0.1, -0.05) is 13.3 Å². The Morgan fingerprint density at radius 3 is 2.20 bits per heavy atom. The molecule has 0 fully saturated rings. The molecule has 0 amide bonds. The van der Waals surface area contributed by atoms with Crippen molar-refractivity contribution in [3.05, 3.63) is 60.4 Å². The zero-order valence-electron chi connectivity index (χ0n) is 16.5. The smallest absolute Gasteiger partial charge is 0.434 e. The van der Waals surface area contributed by atoms with Crippen LogP contribution in [0.4, 0.5) is 13.2 Å². The van der Waals surface area contributed by atoms with E-state index in [0.717, 1.165) is 25.3 Å². The molecular formula is C21H21F3N2O3S. The maximum absolute atomic E-state index is 13.3. The first-order chi connectivity index (χ1) is 14.1. The highest BCUT2D eigenvalue weighted by molar-refractivity contribution is 7.90. The number of benzene rings is 2. The van der Waals surface area contributed by atoms with Crippen molar-refractivity contribution >= 4 is 9.84 Å². The first-order valence-electron chi connectivity index (χ1n) is 9.30. The number of alkyl halides is 3. The summed E-state index contributed by atoms with van der Waals surface area (Å²) in [4.78, 5) is 3.86. The number of sulfone groups is 1. The number of imidazole rings is 1. The van der Waals surface area contributed by atoms with Gasteiger partial charge in [-0.25, -0.2) is 13.4 Å². The second kappa shape index (κ2) is 8.51. The van der Waals surface area contributed by atoms with E-state index in [1.165, 1.54) is 28.8 Å². The SMILES string of the molecule is CCCCOc1ccc(-c2nc(C(F)(F)F)cn2-c2ccc(S(C)(=O)=O)cc2)cc1. The molecule has 0 atom stereocenters. The van der Waals surface area contributed by atoms with Gasteiger partial charge in [-0.3, -0.25) is 4.57 Å². The Morgan fingerprint density at radius 1 is 1.03 bits per heavy atom. The Bertz CT molecular complexity index is 1100. The predicted octanol–water partition coefficient (Wildman–Crippen LogP) is 5.14. The van der Waals surface area contributed by atoms with Crippen molar-refractivity contribution in [1.82, 2.24) is 9.55 Å². The number of rotatable bonds is 7. The molecule has 5 nitrogen and oxygen atoms in total. The number of hydrogen-bond donors (Lipinski definition) is 0. The van der Waals surface area contributed by atoms with Gasteiger partial charge in [0.2, 0.25) is 0 Å². The fourth-order valence-corrected chi connectivity index (χ4v) is 3.44. The van der Waals surface area contributed by atoms with E-state index in [1.54, 1.807) is 24.3 Å². The lowest BCUT2D eigenvalue weighted by molar-refractivity contribution is -0.140. The highest BCUT2D eigenvalue weighted by atomic mass is 32.2. The lowest BCUT2D eigenvalue weighted by Crippen LogP contribution is -2.05. The van der Waals surface area contributed by atoms with Gasteiger partial charge >= 0.3 is 6.18 Å². The molecule has 1 heterocycles. The minimum absolute atomic E-state index is 0.0811. The van der Waals surface area contributed by atoms with Crippen molar-refractivity contribution in [2.24, 2.45) is 0 Å². The highest BCUT2D eigenvalue weighted by Crippen LogP contribution is 2.33. The molecule has 0 aliphatic carbocycles. The van der Waals surface area contributed by atoms with Crippen LogP contribution < -0.4 is 4.74 Å². The standard InChI is InChI=1S/C21H21F3N2O3S/c1-3-4-13-29-17-9-5-15(6-10-17)20-25-19(21(22,23)24)14-26(20)16-7-11-18(12-8-16)30(2,27)28/h5-12,14H,3-4,13H2,1-2H3. The van der Waals surface area contributed by atoms with Crippen LogP contribution in [-0.2, 0) is 16.0 Å². The third-order valence-corrected chi connectivity index (χ3v) is 5.55. The van der Waals surface area contributed by atoms with Crippen LogP contribution in [0.1, 0.15) is 25.5 Å². The largest absolute Gasteiger partial charge is 0.494 e. The van der Waals surface area contributed by atoms with E-state index >= 15 is 0 Å². The number of hydrogen-bond acceptors (Lipinski definition) is 4. The van der Waals surface area contributed by atoms with Crippen LogP contribution in [0.5, 0.6) is 5.75 Å². The molecule has 0 aliphatic rings. The maximum atomic E-state index is 13.3. The average molecular weight is 438 g/mol. The molecule has 0 saturated heterocycles. The van der Waals surface area contributed by atoms with Crippen molar-refractivity contribution in [3.63, 3.8) is 0 Å². The Morgan fingerprint density at radius 2 is 1.67 bits per heavy atom. The average Bonchev–Trinajstić information content (AvgIpc) is 3.14. The highest BCUT2D eigenvalue weighted by Gasteiger charge is 2.35. The molecule has 1 aromatic heterocycles. The summed E-state index contributed by atoms with van der Waals surface area (Å²) < 4.78 is 70.1. The Kier molecular flexibility index (Phi) is 6.21. The van der Waals surface area contributed by atoms with E-state index in [0.29, 0.717) is 23.6 Å². The van der Waals surface area contributed by atoms with Gasteiger partial charge in [0.05, 0.1) is 11.5 Å². The molecule has 2 aromatic carbocycles. The third-order valence-electron chi connectivity index (χ3n) is 4.42. The summed E-state index contributed by atoms with van der Waals surface area (Å²) in [5.41, 5.74) is -0.197. The molecule has 0 spiro atoms. The van der Waals surface area contributed by atoms with Crippen molar-refractivity contribution in [1.29, 1.82) is 0 Å². The second-order valence-electron chi connectivity index (χ2n) is 6.81. The third kappa shape index (κ3) is 5.02. The van der Waals surface area contributed by atoms with E-state index in [2.05, 4.69) is 4.98 Å². The summed E-state index contributed by atoms with van der Waals surface area (Å²) in [5.74, 6) is 0.716. The molecule has 3 aromatic rings. The van der Waals surface area contributed by atoms with Crippen LogP contribution >= 0.6 is 0 Å². The van der Waals surface area contributed by atoms with E-state index in [-0.39, 0.29) is 10.7 Å². The molecule has 160 valence electrons. The molecule has 0 radical (unpaired) electrons. The van der Waals surface area contributed by atoms with Crippen molar-refractivity contribution in [3.8, 4) is 22.8 Å². The van der Waals surface area contributed by atoms with Gasteiger partial charge in [-0.2, -0.15) is 13.2 Å². The lowest BCUT2D eigenvalue weighted by atomic mass is 10.2. The van der Waals surface area contributed by atoms with Crippen LogP contribution in [0.25, 0.3) is 17.1 Å². The van der Waals surface area contributed by atoms with Gasteiger partial charge in [0.1, 0.15) is 11.6 Å². The molecule has 0 aliphatic heterocycles. The van der Waals surface area contributed by atoms with Crippen LogP contribution in [0.2, 0.25) is 0 Å². The fourth-order valence-electron chi connectivity index (χ4n) is 2.81. The number of aromatic nitrogens is 2. The quantitative estimate of drug-likeness (QED) is 0.479. The molecule has 3 rings (SSSR count). The zero-order valence-corrected chi connectivity index (χ0v) is 17.3.